The number of hydrogen-bond acceptors (Lipinski definition) is 3. The van der Waals surface area contributed by atoms with Crippen LogP contribution in [0.5, 0.6) is 5.75 Å². The number of nitrogens with zero attached hydrogens (tertiary/aromatic N) is 1. The largest absolute Gasteiger partial charge is 0.484 e. The van der Waals surface area contributed by atoms with Crippen molar-refractivity contribution < 1.29 is 13.9 Å². The molecule has 1 unspecified atom stereocenters. The summed E-state index contributed by atoms with van der Waals surface area (Å²) in [5.41, 5.74) is 1.14. The summed E-state index contributed by atoms with van der Waals surface area (Å²) in [5.74, 6) is -0.0636. The zero-order chi connectivity index (χ0) is 19.1. The van der Waals surface area contributed by atoms with Gasteiger partial charge in [0, 0.05) is 11.6 Å². The van der Waals surface area contributed by atoms with Crippen LogP contribution in [0, 0.1) is 5.82 Å². The van der Waals surface area contributed by atoms with Crippen LogP contribution in [0.2, 0.25) is 5.02 Å². The highest BCUT2D eigenvalue weighted by atomic mass is 35.5. The van der Waals surface area contributed by atoms with E-state index in [1.165, 1.54) is 43.5 Å². The van der Waals surface area contributed by atoms with Gasteiger partial charge in [-0.15, -0.1) is 0 Å². The first-order chi connectivity index (χ1) is 13.1. The number of rotatable bonds is 7. The molecule has 1 fully saturated rings. The Morgan fingerprint density at radius 1 is 1.07 bits per heavy atom. The number of likely N-dealkylation sites (tertiary alicyclic amines) is 1. The molecule has 1 N–H and O–H groups in total. The third kappa shape index (κ3) is 5.94. The van der Waals surface area contributed by atoms with Gasteiger partial charge in [-0.25, -0.2) is 4.39 Å². The van der Waals surface area contributed by atoms with Crippen LogP contribution < -0.4 is 10.1 Å². The first kappa shape index (κ1) is 19.6. The Bertz CT molecular complexity index is 731. The van der Waals surface area contributed by atoms with E-state index >= 15 is 0 Å². The van der Waals surface area contributed by atoms with Gasteiger partial charge in [-0.05, 0) is 67.9 Å². The maximum Gasteiger partial charge on any atom is 0.258 e. The SMILES string of the molecule is O=C(COc1ccc(F)cc1)NCC(c1ccc(Cl)cc1)N1CCCCC1. The maximum atomic E-state index is 12.9. The molecule has 0 saturated carbocycles. The van der Waals surface area contributed by atoms with Gasteiger partial charge in [-0.1, -0.05) is 30.2 Å². The van der Waals surface area contributed by atoms with Crippen LogP contribution in [0.15, 0.2) is 48.5 Å². The molecule has 144 valence electrons. The predicted octanol–water partition coefficient (Wildman–Crippen LogP) is 4.20. The molecule has 1 atom stereocenters. The molecule has 1 saturated heterocycles. The lowest BCUT2D eigenvalue weighted by Crippen LogP contribution is -2.41. The number of carbonyl (C=O) groups is 1. The summed E-state index contributed by atoms with van der Waals surface area (Å²) in [4.78, 5) is 14.6. The lowest BCUT2D eigenvalue weighted by molar-refractivity contribution is -0.123. The lowest BCUT2D eigenvalue weighted by Gasteiger charge is -2.35. The van der Waals surface area contributed by atoms with Crippen molar-refractivity contribution in [1.82, 2.24) is 10.2 Å². The highest BCUT2D eigenvalue weighted by molar-refractivity contribution is 6.30. The summed E-state index contributed by atoms with van der Waals surface area (Å²) in [6.07, 6.45) is 3.60. The minimum atomic E-state index is -0.334. The van der Waals surface area contributed by atoms with Gasteiger partial charge in [0.25, 0.3) is 5.91 Å². The number of benzene rings is 2. The standard InChI is InChI=1S/C21H24ClFN2O2/c22-17-6-4-16(5-7-17)20(25-12-2-1-3-13-25)14-24-21(26)15-27-19-10-8-18(23)9-11-19/h4-11,20H,1-3,12-15H2,(H,24,26). The number of nitrogens with one attached hydrogen (secondary N) is 1. The molecule has 2 aromatic carbocycles. The fourth-order valence-electron chi connectivity index (χ4n) is 3.31. The van der Waals surface area contributed by atoms with Gasteiger partial charge < -0.3 is 10.1 Å². The Kier molecular flexibility index (Phi) is 7.07. The van der Waals surface area contributed by atoms with Crippen molar-refractivity contribution in [1.29, 1.82) is 0 Å². The van der Waals surface area contributed by atoms with Crippen LogP contribution in [0.4, 0.5) is 4.39 Å². The molecule has 3 rings (SSSR count). The number of carbonyl (C=O) groups excluding carboxylic acids is 1. The molecular formula is C21H24ClFN2O2. The van der Waals surface area contributed by atoms with Crippen molar-refractivity contribution in [3.05, 3.63) is 64.9 Å². The summed E-state index contributed by atoms with van der Waals surface area (Å²) in [5, 5.41) is 3.66. The van der Waals surface area contributed by atoms with E-state index in [4.69, 9.17) is 16.3 Å². The van der Waals surface area contributed by atoms with Gasteiger partial charge in [0.2, 0.25) is 0 Å². The van der Waals surface area contributed by atoms with E-state index in [1.807, 2.05) is 24.3 Å². The molecule has 27 heavy (non-hydrogen) atoms. The van der Waals surface area contributed by atoms with Gasteiger partial charge >= 0.3 is 0 Å². The maximum absolute atomic E-state index is 12.9. The van der Waals surface area contributed by atoms with Crippen LogP contribution in [0.25, 0.3) is 0 Å². The fourth-order valence-corrected chi connectivity index (χ4v) is 3.44. The normalized spacial score (nSPS) is 15.9. The van der Waals surface area contributed by atoms with Gasteiger partial charge in [0.1, 0.15) is 11.6 Å². The van der Waals surface area contributed by atoms with Gasteiger partial charge in [0.05, 0.1) is 6.04 Å². The summed E-state index contributed by atoms with van der Waals surface area (Å²) >= 11 is 6.02. The quantitative estimate of drug-likeness (QED) is 0.770. The second kappa shape index (κ2) is 9.72. The zero-order valence-corrected chi connectivity index (χ0v) is 15.9. The Labute approximate surface area is 164 Å². The smallest absolute Gasteiger partial charge is 0.258 e. The molecule has 6 heteroatoms. The summed E-state index contributed by atoms with van der Waals surface area (Å²) < 4.78 is 18.3. The molecule has 2 aromatic rings. The van der Waals surface area contributed by atoms with Crippen molar-refractivity contribution in [3.8, 4) is 5.75 Å². The van der Waals surface area contributed by atoms with Crippen LogP contribution in [0.1, 0.15) is 30.9 Å². The highest BCUT2D eigenvalue weighted by Gasteiger charge is 2.23. The van der Waals surface area contributed by atoms with E-state index < -0.39 is 0 Å². The minimum Gasteiger partial charge on any atom is -0.484 e. The Morgan fingerprint density at radius 3 is 2.41 bits per heavy atom. The van der Waals surface area contributed by atoms with Crippen molar-refractivity contribution in [2.45, 2.75) is 25.3 Å². The van der Waals surface area contributed by atoms with Gasteiger partial charge in [-0.2, -0.15) is 0 Å². The van der Waals surface area contributed by atoms with E-state index in [1.54, 1.807) is 0 Å². The topological polar surface area (TPSA) is 41.6 Å². The lowest BCUT2D eigenvalue weighted by atomic mass is 10.0. The number of piperidine rings is 1. The second-order valence-corrected chi connectivity index (χ2v) is 7.15. The number of halogens is 2. The molecule has 1 amide bonds. The third-order valence-electron chi connectivity index (χ3n) is 4.76. The van der Waals surface area contributed by atoms with E-state index in [2.05, 4.69) is 10.2 Å². The molecule has 0 aromatic heterocycles. The Morgan fingerprint density at radius 2 is 1.74 bits per heavy atom. The van der Waals surface area contributed by atoms with Crippen LogP contribution in [0.3, 0.4) is 0 Å². The van der Waals surface area contributed by atoms with E-state index in [0.29, 0.717) is 17.3 Å². The van der Waals surface area contributed by atoms with Crippen LogP contribution in [-0.4, -0.2) is 37.0 Å². The van der Waals surface area contributed by atoms with Crippen molar-refractivity contribution >= 4 is 17.5 Å². The first-order valence-corrected chi connectivity index (χ1v) is 9.64. The average Bonchev–Trinajstić information content (AvgIpc) is 2.70. The van der Waals surface area contributed by atoms with E-state index in [-0.39, 0.29) is 24.4 Å². The van der Waals surface area contributed by atoms with Gasteiger partial charge in [0.15, 0.2) is 6.61 Å². The van der Waals surface area contributed by atoms with Gasteiger partial charge in [-0.3, -0.25) is 9.69 Å². The molecule has 1 heterocycles. The molecule has 4 nitrogen and oxygen atoms in total. The Hall–Kier alpha value is -2.11. The summed E-state index contributed by atoms with van der Waals surface area (Å²) in [6, 6.07) is 13.5. The van der Waals surface area contributed by atoms with E-state index in [9.17, 15) is 9.18 Å². The fraction of sp³-hybridized carbons (Fsp3) is 0.381. The minimum absolute atomic E-state index is 0.0982. The molecule has 0 radical (unpaired) electrons. The van der Waals surface area contributed by atoms with Crippen molar-refractivity contribution in [2.75, 3.05) is 26.2 Å². The third-order valence-corrected chi connectivity index (χ3v) is 5.01. The monoisotopic (exact) mass is 390 g/mol. The molecule has 0 spiro atoms. The number of amides is 1. The number of hydrogen-bond donors (Lipinski definition) is 1. The molecule has 0 bridgehead atoms. The molecule has 1 aliphatic heterocycles. The van der Waals surface area contributed by atoms with Crippen molar-refractivity contribution in [2.24, 2.45) is 0 Å². The van der Waals surface area contributed by atoms with Crippen LogP contribution in [-0.2, 0) is 4.79 Å². The molecular weight excluding hydrogens is 367 g/mol. The first-order valence-electron chi connectivity index (χ1n) is 9.26. The predicted molar refractivity (Wildman–Crippen MR) is 105 cm³/mol. The summed E-state index contributed by atoms with van der Waals surface area (Å²) in [6.45, 7) is 2.46. The second-order valence-electron chi connectivity index (χ2n) is 6.71. The zero-order valence-electron chi connectivity index (χ0n) is 15.2. The highest BCUT2D eigenvalue weighted by Crippen LogP contribution is 2.25. The molecule has 0 aliphatic carbocycles. The van der Waals surface area contributed by atoms with E-state index in [0.717, 1.165) is 18.7 Å². The van der Waals surface area contributed by atoms with Crippen LogP contribution >= 0.6 is 11.6 Å². The Balaban J connectivity index is 1.57. The molecule has 1 aliphatic rings. The number of ether oxygens (including phenoxy) is 1. The van der Waals surface area contributed by atoms with Crippen molar-refractivity contribution in [3.63, 3.8) is 0 Å². The summed E-state index contributed by atoms with van der Waals surface area (Å²) in [7, 11) is 0. The average molecular weight is 391 g/mol.